The first kappa shape index (κ1) is 15.1. The van der Waals surface area contributed by atoms with Crippen LogP contribution in [0, 0.1) is 6.92 Å². The van der Waals surface area contributed by atoms with E-state index >= 15 is 0 Å². The van der Waals surface area contributed by atoms with Crippen LogP contribution in [0.4, 0.5) is 0 Å². The zero-order valence-corrected chi connectivity index (χ0v) is 14.1. The van der Waals surface area contributed by atoms with Gasteiger partial charge in [-0.15, -0.1) is 0 Å². The lowest BCUT2D eigenvalue weighted by atomic mass is 10.1. The van der Waals surface area contributed by atoms with E-state index in [2.05, 4.69) is 16.8 Å². The van der Waals surface area contributed by atoms with Gasteiger partial charge in [-0.2, -0.15) is 0 Å². The van der Waals surface area contributed by atoms with E-state index in [1.165, 1.54) is 0 Å². The zero-order chi connectivity index (χ0) is 16.7. The summed E-state index contributed by atoms with van der Waals surface area (Å²) >= 11 is 0. The molecule has 3 heterocycles. The summed E-state index contributed by atoms with van der Waals surface area (Å²) in [5, 5.41) is 1.87. The van der Waals surface area contributed by atoms with Gasteiger partial charge in [-0.05, 0) is 31.7 Å². The van der Waals surface area contributed by atoms with Gasteiger partial charge in [0.25, 0.3) is 5.91 Å². The van der Waals surface area contributed by atoms with Gasteiger partial charge in [0.1, 0.15) is 5.58 Å². The Hall–Kier alpha value is -2.40. The number of fused-ring (bicyclic) bond motifs is 3. The normalized spacial score (nSPS) is 16.2. The summed E-state index contributed by atoms with van der Waals surface area (Å²) in [6, 6.07) is 9.73. The minimum Gasteiger partial charge on any atom is -0.450 e. The van der Waals surface area contributed by atoms with Gasteiger partial charge in [0.05, 0.1) is 5.52 Å². The summed E-state index contributed by atoms with van der Waals surface area (Å²) in [7, 11) is 0. The summed E-state index contributed by atoms with van der Waals surface area (Å²) in [5.74, 6) is 0.390. The molecule has 4 rings (SSSR count). The fraction of sp³-hybridized carbons (Fsp3) is 0.368. The lowest BCUT2D eigenvalue weighted by molar-refractivity contribution is 0.0615. The van der Waals surface area contributed by atoms with Crippen LogP contribution in [0.25, 0.3) is 21.9 Å². The number of hydrogen-bond acceptors (Lipinski definition) is 4. The van der Waals surface area contributed by atoms with Crippen molar-refractivity contribution >= 4 is 27.8 Å². The third-order valence-corrected chi connectivity index (χ3v) is 4.88. The van der Waals surface area contributed by atoms with Gasteiger partial charge in [0.15, 0.2) is 5.76 Å². The first-order valence-electron chi connectivity index (χ1n) is 8.48. The van der Waals surface area contributed by atoms with Gasteiger partial charge in [-0.3, -0.25) is 9.78 Å². The van der Waals surface area contributed by atoms with Gasteiger partial charge in [0, 0.05) is 42.6 Å². The molecule has 0 saturated carbocycles. The quantitative estimate of drug-likeness (QED) is 0.727. The number of hydrogen-bond donors (Lipinski definition) is 0. The molecular formula is C19H21N3O2. The number of benzene rings is 1. The second kappa shape index (κ2) is 5.91. The van der Waals surface area contributed by atoms with Crippen LogP contribution in [0.2, 0.25) is 0 Å². The number of nitrogens with zero attached hydrogens (tertiary/aromatic N) is 3. The van der Waals surface area contributed by atoms with E-state index in [-0.39, 0.29) is 5.91 Å². The number of aryl methyl sites for hydroxylation is 1. The Morgan fingerprint density at radius 3 is 2.67 bits per heavy atom. The highest BCUT2D eigenvalue weighted by molar-refractivity contribution is 6.06. The van der Waals surface area contributed by atoms with Crippen molar-refractivity contribution in [3.8, 4) is 0 Å². The number of pyridine rings is 1. The van der Waals surface area contributed by atoms with Gasteiger partial charge >= 0.3 is 0 Å². The maximum Gasteiger partial charge on any atom is 0.289 e. The minimum atomic E-state index is -0.0227. The molecule has 1 aliphatic heterocycles. The molecule has 5 heteroatoms. The number of piperazine rings is 1. The third kappa shape index (κ3) is 2.45. The lowest BCUT2D eigenvalue weighted by Crippen LogP contribution is -2.48. The van der Waals surface area contributed by atoms with Crippen molar-refractivity contribution in [3.05, 3.63) is 41.8 Å². The Labute approximate surface area is 140 Å². The highest BCUT2D eigenvalue weighted by Crippen LogP contribution is 2.29. The molecule has 1 saturated heterocycles. The van der Waals surface area contributed by atoms with Crippen LogP contribution in [0.3, 0.4) is 0 Å². The van der Waals surface area contributed by atoms with Crippen molar-refractivity contribution in [1.29, 1.82) is 0 Å². The average molecular weight is 323 g/mol. The first-order valence-corrected chi connectivity index (χ1v) is 8.48. The fourth-order valence-electron chi connectivity index (χ4n) is 3.39. The van der Waals surface area contributed by atoms with E-state index < -0.39 is 0 Å². The maximum absolute atomic E-state index is 12.8. The predicted molar refractivity (Wildman–Crippen MR) is 94.3 cm³/mol. The lowest BCUT2D eigenvalue weighted by Gasteiger charge is -2.33. The van der Waals surface area contributed by atoms with Crippen LogP contribution in [-0.2, 0) is 0 Å². The van der Waals surface area contributed by atoms with Gasteiger partial charge < -0.3 is 14.2 Å². The monoisotopic (exact) mass is 323 g/mol. The number of rotatable bonds is 2. The van der Waals surface area contributed by atoms with Crippen LogP contribution >= 0.6 is 0 Å². The van der Waals surface area contributed by atoms with Crippen LogP contribution in [0.15, 0.2) is 34.7 Å². The Bertz CT molecular complexity index is 908. The SMILES string of the molecule is CCN1CCN(C(=O)c2cc3c(C)nc4ccccc4c3o2)CC1. The van der Waals surface area contributed by atoms with Crippen molar-refractivity contribution in [2.75, 3.05) is 32.7 Å². The highest BCUT2D eigenvalue weighted by atomic mass is 16.3. The van der Waals surface area contributed by atoms with Crippen molar-refractivity contribution in [1.82, 2.24) is 14.8 Å². The standard InChI is InChI=1S/C19H21N3O2/c1-3-21-8-10-22(11-9-21)19(23)17-12-15-13(2)20-16-7-5-4-6-14(16)18(15)24-17/h4-7,12H,3,8-11H2,1-2H3. The molecule has 1 fully saturated rings. The Kier molecular flexibility index (Phi) is 3.73. The molecule has 1 aromatic carbocycles. The Morgan fingerprint density at radius 1 is 1.17 bits per heavy atom. The molecule has 3 aromatic rings. The smallest absolute Gasteiger partial charge is 0.289 e. The molecule has 0 N–H and O–H groups in total. The molecule has 124 valence electrons. The molecular weight excluding hydrogens is 302 g/mol. The molecule has 24 heavy (non-hydrogen) atoms. The van der Waals surface area contributed by atoms with E-state index in [4.69, 9.17) is 4.42 Å². The highest BCUT2D eigenvalue weighted by Gasteiger charge is 2.24. The van der Waals surface area contributed by atoms with Gasteiger partial charge in [0.2, 0.25) is 0 Å². The Morgan fingerprint density at radius 2 is 1.92 bits per heavy atom. The molecule has 5 nitrogen and oxygen atoms in total. The topological polar surface area (TPSA) is 49.6 Å². The van der Waals surface area contributed by atoms with Gasteiger partial charge in [-0.1, -0.05) is 19.1 Å². The van der Waals surface area contributed by atoms with E-state index in [1.54, 1.807) is 0 Å². The second-order valence-corrected chi connectivity index (χ2v) is 6.29. The zero-order valence-electron chi connectivity index (χ0n) is 14.1. The number of carbonyl (C=O) groups excluding carboxylic acids is 1. The van der Waals surface area contributed by atoms with Crippen LogP contribution in [-0.4, -0.2) is 53.4 Å². The van der Waals surface area contributed by atoms with Crippen LogP contribution < -0.4 is 0 Å². The molecule has 0 radical (unpaired) electrons. The number of aromatic nitrogens is 1. The molecule has 2 aromatic heterocycles. The number of amides is 1. The molecule has 0 bridgehead atoms. The molecule has 1 aliphatic rings. The van der Waals surface area contributed by atoms with E-state index in [0.717, 1.165) is 60.3 Å². The first-order chi connectivity index (χ1) is 11.7. The average Bonchev–Trinajstić information content (AvgIpc) is 3.07. The third-order valence-electron chi connectivity index (χ3n) is 4.88. The van der Waals surface area contributed by atoms with Crippen LogP contribution in [0.5, 0.6) is 0 Å². The number of likely N-dealkylation sites (N-methyl/N-ethyl adjacent to an activating group) is 1. The summed E-state index contributed by atoms with van der Waals surface area (Å²) in [6.07, 6.45) is 0. The van der Waals surface area contributed by atoms with Crippen LogP contribution in [0.1, 0.15) is 23.2 Å². The van der Waals surface area contributed by atoms with Crippen molar-refractivity contribution < 1.29 is 9.21 Å². The molecule has 0 spiro atoms. The van der Waals surface area contributed by atoms with E-state index in [0.29, 0.717) is 5.76 Å². The second-order valence-electron chi connectivity index (χ2n) is 6.29. The fourth-order valence-corrected chi connectivity index (χ4v) is 3.39. The summed E-state index contributed by atoms with van der Waals surface area (Å²) < 4.78 is 5.99. The number of carbonyl (C=O) groups is 1. The largest absolute Gasteiger partial charge is 0.450 e. The van der Waals surface area contributed by atoms with Crippen molar-refractivity contribution in [3.63, 3.8) is 0 Å². The Balaban J connectivity index is 1.71. The predicted octanol–water partition coefficient (Wildman–Crippen LogP) is 3.07. The summed E-state index contributed by atoms with van der Waals surface area (Å²) in [5.41, 5.74) is 2.54. The number of furan rings is 1. The van der Waals surface area contributed by atoms with Crippen molar-refractivity contribution in [2.24, 2.45) is 0 Å². The minimum absolute atomic E-state index is 0.0227. The summed E-state index contributed by atoms with van der Waals surface area (Å²) in [6.45, 7) is 8.49. The van der Waals surface area contributed by atoms with E-state index in [1.807, 2.05) is 42.2 Å². The molecule has 1 amide bonds. The van der Waals surface area contributed by atoms with E-state index in [9.17, 15) is 4.79 Å². The molecule has 0 unspecified atom stereocenters. The molecule has 0 atom stereocenters. The number of para-hydroxylation sites is 1. The summed E-state index contributed by atoms with van der Waals surface area (Å²) in [4.78, 5) is 21.7. The molecule has 0 aliphatic carbocycles. The van der Waals surface area contributed by atoms with Gasteiger partial charge in [-0.25, -0.2) is 0 Å². The maximum atomic E-state index is 12.8. The van der Waals surface area contributed by atoms with Crippen molar-refractivity contribution in [2.45, 2.75) is 13.8 Å².